The number of hydrogen-bond acceptors (Lipinski definition) is 8. The highest BCUT2D eigenvalue weighted by Crippen LogP contribution is 2.27. The lowest BCUT2D eigenvalue weighted by Crippen LogP contribution is -1.99. The number of nitrogens with one attached hydrogen (secondary N) is 4. The third-order valence-electron chi connectivity index (χ3n) is 9.31. The Morgan fingerprint density at radius 1 is 0.276 bits per heavy atom. The Kier molecular flexibility index (Phi) is 11.4. The van der Waals surface area contributed by atoms with Crippen molar-refractivity contribution in [2.24, 2.45) is 20.0 Å². The maximum absolute atomic E-state index is 4.80. The quantitative estimate of drug-likeness (QED) is 0.0990. The van der Waals surface area contributed by atoms with Crippen molar-refractivity contribution in [1.82, 2.24) is 0 Å². The average molecular weight is 755 g/mol. The van der Waals surface area contributed by atoms with Crippen molar-refractivity contribution in [2.45, 2.75) is 6.92 Å². The molecule has 0 amide bonds. The number of aryl methyl sites for hydroxylation is 1. The van der Waals surface area contributed by atoms with Crippen LogP contribution in [0.5, 0.6) is 0 Å². The van der Waals surface area contributed by atoms with Gasteiger partial charge in [-0.2, -0.15) is 0 Å². The fraction of sp³-hybridized carbons (Fsp3) is 0.0400. The van der Waals surface area contributed by atoms with E-state index in [1.165, 1.54) is 5.56 Å². The van der Waals surface area contributed by atoms with E-state index in [0.29, 0.717) is 0 Å². The van der Waals surface area contributed by atoms with Crippen molar-refractivity contribution in [3.8, 4) is 0 Å². The van der Waals surface area contributed by atoms with Gasteiger partial charge in [0.15, 0.2) is 0 Å². The molecule has 8 heteroatoms. The van der Waals surface area contributed by atoms with Crippen LogP contribution in [0.1, 0.15) is 5.56 Å². The molecule has 8 rings (SSSR count). The summed E-state index contributed by atoms with van der Waals surface area (Å²) in [7, 11) is 1.78. The van der Waals surface area contributed by atoms with Crippen molar-refractivity contribution in [2.75, 3.05) is 28.3 Å². The second-order valence-electron chi connectivity index (χ2n) is 13.8. The standard InChI is InChI=1S/C50H42N8/c1-35-3-5-37(6-4-35)52-39-11-13-41(14-12-39)54-43-19-21-45(22-20-43)56-47-27-29-49(30-28-47)58-50-33-31-48(32-34-50)57-46-25-23-44(24-26-46)55-42-17-15-40(16-18-42)53-38-9-7-36(51-2)8-10-38/h3-34,52,54-55,57H,1-2H3. The molecule has 6 aromatic rings. The van der Waals surface area contributed by atoms with Crippen LogP contribution in [0.4, 0.5) is 62.6 Å². The number of anilines is 8. The van der Waals surface area contributed by atoms with Crippen molar-refractivity contribution in [1.29, 1.82) is 0 Å². The van der Waals surface area contributed by atoms with Gasteiger partial charge in [-0.05, 0) is 189 Å². The Balaban J connectivity index is 0.795. The van der Waals surface area contributed by atoms with Crippen molar-refractivity contribution in [3.63, 3.8) is 0 Å². The van der Waals surface area contributed by atoms with E-state index in [-0.39, 0.29) is 0 Å². The smallest absolute Gasteiger partial charge is 0.0638 e. The van der Waals surface area contributed by atoms with Gasteiger partial charge in [0.2, 0.25) is 0 Å². The zero-order chi connectivity index (χ0) is 39.5. The highest BCUT2D eigenvalue weighted by atomic mass is 14.9. The molecule has 0 fully saturated rings. The Labute approximate surface area is 339 Å². The van der Waals surface area contributed by atoms with E-state index in [4.69, 9.17) is 9.98 Å². The van der Waals surface area contributed by atoms with E-state index < -0.39 is 0 Å². The van der Waals surface area contributed by atoms with Crippen molar-refractivity contribution >= 4 is 85.4 Å². The lowest BCUT2D eigenvalue weighted by Gasteiger charge is -2.10. The van der Waals surface area contributed by atoms with E-state index in [2.05, 4.69) is 111 Å². The number of nitrogens with zero attached hydrogens (tertiary/aromatic N) is 4. The van der Waals surface area contributed by atoms with Gasteiger partial charge in [0.05, 0.1) is 39.9 Å². The molecule has 6 aromatic carbocycles. The lowest BCUT2D eigenvalue weighted by atomic mass is 10.1. The van der Waals surface area contributed by atoms with Gasteiger partial charge in [0.25, 0.3) is 0 Å². The van der Waals surface area contributed by atoms with Gasteiger partial charge in [0.1, 0.15) is 0 Å². The minimum absolute atomic E-state index is 0.866. The van der Waals surface area contributed by atoms with Crippen molar-refractivity contribution < 1.29 is 0 Å². The van der Waals surface area contributed by atoms with Crippen LogP contribution in [-0.2, 0) is 0 Å². The minimum atomic E-state index is 0.866. The molecule has 0 unspecified atom stereocenters. The second-order valence-corrected chi connectivity index (χ2v) is 13.8. The van der Waals surface area contributed by atoms with Crippen LogP contribution in [0.15, 0.2) is 214 Å². The molecule has 282 valence electrons. The van der Waals surface area contributed by atoms with E-state index in [1.54, 1.807) is 7.05 Å². The van der Waals surface area contributed by atoms with Gasteiger partial charge >= 0.3 is 0 Å². The van der Waals surface area contributed by atoms with Crippen LogP contribution in [0.3, 0.4) is 0 Å². The maximum atomic E-state index is 4.80. The monoisotopic (exact) mass is 754 g/mol. The van der Waals surface area contributed by atoms with Crippen LogP contribution < -0.4 is 21.3 Å². The predicted octanol–water partition coefficient (Wildman–Crippen LogP) is 13.2. The molecule has 0 heterocycles. The van der Waals surface area contributed by atoms with Crippen LogP contribution in [0, 0.1) is 6.92 Å². The predicted molar refractivity (Wildman–Crippen MR) is 248 cm³/mol. The zero-order valence-corrected chi connectivity index (χ0v) is 32.3. The normalized spacial score (nSPS) is 12.9. The summed E-state index contributed by atoms with van der Waals surface area (Å²) in [6, 6.07) is 49.1. The molecule has 58 heavy (non-hydrogen) atoms. The molecule has 0 atom stereocenters. The molecule has 0 aromatic heterocycles. The Hall–Kier alpha value is -7.84. The Bertz CT molecular complexity index is 2570. The van der Waals surface area contributed by atoms with Gasteiger partial charge in [-0.15, -0.1) is 0 Å². The summed E-state index contributed by atoms with van der Waals surface area (Å²) >= 11 is 0. The summed E-state index contributed by atoms with van der Waals surface area (Å²) in [5.74, 6) is 0. The third kappa shape index (κ3) is 10.3. The summed E-state index contributed by atoms with van der Waals surface area (Å²) in [6.07, 6.45) is 15.8. The summed E-state index contributed by atoms with van der Waals surface area (Å²) in [5.41, 5.74) is 15.6. The molecule has 8 nitrogen and oxygen atoms in total. The molecule has 2 aliphatic carbocycles. The molecule has 0 saturated carbocycles. The molecule has 0 spiro atoms. The van der Waals surface area contributed by atoms with Gasteiger partial charge in [-0.1, -0.05) is 17.7 Å². The van der Waals surface area contributed by atoms with Gasteiger partial charge < -0.3 is 21.3 Å². The topological polar surface area (TPSA) is 97.6 Å². The number of benzene rings is 6. The van der Waals surface area contributed by atoms with E-state index in [0.717, 1.165) is 85.4 Å². The minimum Gasteiger partial charge on any atom is -0.356 e. The highest BCUT2D eigenvalue weighted by molar-refractivity contribution is 6.20. The van der Waals surface area contributed by atoms with E-state index >= 15 is 0 Å². The van der Waals surface area contributed by atoms with E-state index in [9.17, 15) is 0 Å². The molecule has 2 aliphatic rings. The SMILES string of the molecule is CN=C1C=CC(=Nc2ccc(Nc3ccc(Nc4ccc(N=C5C=CC(=Nc6ccc(Nc7ccc(Nc8ccc(C)cc8)cc7)cc6)C=C5)cc4)cc3)cc2)C=C1. The van der Waals surface area contributed by atoms with Crippen LogP contribution in [0.2, 0.25) is 0 Å². The van der Waals surface area contributed by atoms with Gasteiger partial charge in [-0.25, -0.2) is 15.0 Å². The van der Waals surface area contributed by atoms with Crippen LogP contribution in [0.25, 0.3) is 0 Å². The van der Waals surface area contributed by atoms with Gasteiger partial charge in [0, 0.05) is 52.5 Å². The molecular formula is C50H42N8. The first-order valence-corrected chi connectivity index (χ1v) is 19.1. The molecule has 0 aliphatic heterocycles. The number of aliphatic imine (C=N–C) groups is 4. The van der Waals surface area contributed by atoms with E-state index in [1.807, 2.05) is 121 Å². The highest BCUT2D eigenvalue weighted by Gasteiger charge is 2.04. The van der Waals surface area contributed by atoms with Crippen LogP contribution >= 0.6 is 0 Å². The first-order chi connectivity index (χ1) is 28.5. The summed E-state index contributed by atoms with van der Waals surface area (Å²) in [6.45, 7) is 2.09. The third-order valence-corrected chi connectivity index (χ3v) is 9.31. The summed E-state index contributed by atoms with van der Waals surface area (Å²) < 4.78 is 0. The molecule has 0 radical (unpaired) electrons. The lowest BCUT2D eigenvalue weighted by molar-refractivity contribution is 1.45. The second kappa shape index (κ2) is 17.7. The maximum Gasteiger partial charge on any atom is 0.0638 e. The largest absolute Gasteiger partial charge is 0.356 e. The molecular weight excluding hydrogens is 713 g/mol. The number of allylic oxidation sites excluding steroid dienone is 8. The fourth-order valence-electron chi connectivity index (χ4n) is 6.16. The molecule has 4 N–H and O–H groups in total. The Morgan fingerprint density at radius 2 is 0.483 bits per heavy atom. The first-order valence-electron chi connectivity index (χ1n) is 19.1. The first kappa shape index (κ1) is 37.1. The zero-order valence-electron chi connectivity index (χ0n) is 32.3. The van der Waals surface area contributed by atoms with Gasteiger partial charge in [-0.3, -0.25) is 4.99 Å². The van der Waals surface area contributed by atoms with Crippen LogP contribution in [-0.4, -0.2) is 29.9 Å². The molecule has 0 bridgehead atoms. The number of hydrogen-bond donors (Lipinski definition) is 4. The number of rotatable bonds is 11. The summed E-state index contributed by atoms with van der Waals surface area (Å²) in [5, 5.41) is 13.8. The summed E-state index contributed by atoms with van der Waals surface area (Å²) in [4.78, 5) is 18.5. The fourth-order valence-corrected chi connectivity index (χ4v) is 6.16. The average Bonchev–Trinajstić information content (AvgIpc) is 3.26. The Morgan fingerprint density at radius 3 is 0.724 bits per heavy atom. The molecule has 0 saturated heterocycles. The van der Waals surface area contributed by atoms with Crippen molar-refractivity contribution in [3.05, 3.63) is 200 Å².